The Labute approximate surface area is 135 Å². The highest BCUT2D eigenvalue weighted by molar-refractivity contribution is 7.11. The van der Waals surface area contributed by atoms with Gasteiger partial charge in [-0.3, -0.25) is 0 Å². The predicted molar refractivity (Wildman–Crippen MR) is 89.1 cm³/mol. The quantitative estimate of drug-likeness (QED) is 0.632. The highest BCUT2D eigenvalue weighted by atomic mass is 32.1. The first kappa shape index (κ1) is 16.5. The van der Waals surface area contributed by atoms with Crippen molar-refractivity contribution in [2.75, 3.05) is 6.54 Å². The van der Waals surface area contributed by atoms with Crippen LogP contribution in [0.2, 0.25) is 0 Å². The molecule has 0 aliphatic heterocycles. The van der Waals surface area contributed by atoms with Crippen molar-refractivity contribution in [3.8, 4) is 0 Å². The summed E-state index contributed by atoms with van der Waals surface area (Å²) in [5, 5.41) is 11.6. The highest BCUT2D eigenvalue weighted by Gasteiger charge is 2.07. The van der Waals surface area contributed by atoms with E-state index in [1.165, 1.54) is 4.88 Å². The Bertz CT molecular complexity index is 617. The molecule has 0 saturated heterocycles. The van der Waals surface area contributed by atoms with E-state index < -0.39 is 0 Å². The van der Waals surface area contributed by atoms with Gasteiger partial charge in [-0.15, -0.1) is 11.3 Å². The van der Waals surface area contributed by atoms with Crippen molar-refractivity contribution in [2.24, 2.45) is 4.99 Å². The lowest BCUT2D eigenvalue weighted by Crippen LogP contribution is -2.36. The van der Waals surface area contributed by atoms with Crippen molar-refractivity contribution in [2.45, 2.75) is 46.7 Å². The van der Waals surface area contributed by atoms with Crippen molar-refractivity contribution in [3.05, 3.63) is 33.6 Å². The van der Waals surface area contributed by atoms with Gasteiger partial charge in [0.1, 0.15) is 6.54 Å². The number of aromatic nitrogens is 2. The molecule has 2 N–H and O–H groups in total. The van der Waals surface area contributed by atoms with Gasteiger partial charge < -0.3 is 15.2 Å². The van der Waals surface area contributed by atoms with E-state index in [0.717, 1.165) is 29.0 Å². The summed E-state index contributed by atoms with van der Waals surface area (Å²) in [5.74, 6) is 1.90. The minimum Gasteiger partial charge on any atom is -0.359 e. The van der Waals surface area contributed by atoms with Crippen molar-refractivity contribution in [3.63, 3.8) is 0 Å². The lowest BCUT2D eigenvalue weighted by molar-refractivity contribution is 0.376. The number of hydrogen-bond acceptors (Lipinski definition) is 5. The van der Waals surface area contributed by atoms with E-state index in [9.17, 15) is 0 Å². The third-order valence-corrected chi connectivity index (χ3v) is 3.92. The van der Waals surface area contributed by atoms with Gasteiger partial charge in [0.15, 0.2) is 11.7 Å². The van der Waals surface area contributed by atoms with Crippen LogP contribution in [-0.4, -0.2) is 22.6 Å². The van der Waals surface area contributed by atoms with Crippen LogP contribution >= 0.6 is 11.3 Å². The summed E-state index contributed by atoms with van der Waals surface area (Å²) in [4.78, 5) is 9.96. The molecule has 6 nitrogen and oxygen atoms in total. The molecular formula is C15H23N5OS. The zero-order chi connectivity index (χ0) is 15.9. The van der Waals surface area contributed by atoms with Crippen LogP contribution in [0.5, 0.6) is 0 Å². The van der Waals surface area contributed by atoms with Crippen LogP contribution in [0.25, 0.3) is 0 Å². The molecule has 120 valence electrons. The van der Waals surface area contributed by atoms with Gasteiger partial charge >= 0.3 is 0 Å². The zero-order valence-corrected chi connectivity index (χ0v) is 14.3. The minimum absolute atomic E-state index is 0.363. The fraction of sp³-hybridized carbons (Fsp3) is 0.533. The van der Waals surface area contributed by atoms with E-state index in [0.29, 0.717) is 19.0 Å². The average Bonchev–Trinajstić information content (AvgIpc) is 3.11. The lowest BCUT2D eigenvalue weighted by atomic mass is 10.1. The maximum Gasteiger partial charge on any atom is 0.191 e. The van der Waals surface area contributed by atoms with Crippen molar-refractivity contribution in [1.29, 1.82) is 0 Å². The predicted octanol–water partition coefficient (Wildman–Crippen LogP) is 2.82. The Morgan fingerprint density at radius 2 is 2.23 bits per heavy atom. The van der Waals surface area contributed by atoms with Gasteiger partial charge in [-0.25, -0.2) is 9.98 Å². The minimum atomic E-state index is 0.363. The molecule has 0 fully saturated rings. The van der Waals surface area contributed by atoms with Gasteiger partial charge in [0.2, 0.25) is 0 Å². The zero-order valence-electron chi connectivity index (χ0n) is 13.5. The summed E-state index contributed by atoms with van der Waals surface area (Å²) in [5.41, 5.74) is 0.961. The molecule has 0 spiro atoms. The van der Waals surface area contributed by atoms with Crippen molar-refractivity contribution >= 4 is 17.3 Å². The number of aryl methyl sites for hydroxylation is 1. The second-order valence-electron chi connectivity index (χ2n) is 5.27. The SMILES string of the molecule is CCNC(=NCc1cc(C(C)C)no1)NCc1cnc(C)s1. The number of hydrogen-bond donors (Lipinski definition) is 2. The van der Waals surface area contributed by atoms with E-state index in [-0.39, 0.29) is 0 Å². The fourth-order valence-electron chi connectivity index (χ4n) is 1.83. The summed E-state index contributed by atoms with van der Waals surface area (Å²) in [6.07, 6.45) is 1.89. The van der Waals surface area contributed by atoms with E-state index in [4.69, 9.17) is 4.52 Å². The molecule has 0 radical (unpaired) electrons. The topological polar surface area (TPSA) is 75.3 Å². The lowest BCUT2D eigenvalue weighted by Gasteiger charge is -2.09. The first-order chi connectivity index (χ1) is 10.6. The molecule has 0 bridgehead atoms. The van der Waals surface area contributed by atoms with Crippen molar-refractivity contribution in [1.82, 2.24) is 20.8 Å². The van der Waals surface area contributed by atoms with E-state index in [1.807, 2.05) is 26.1 Å². The summed E-state index contributed by atoms with van der Waals surface area (Å²) in [7, 11) is 0. The first-order valence-electron chi connectivity index (χ1n) is 7.47. The molecule has 2 aromatic rings. The van der Waals surface area contributed by atoms with Gasteiger partial charge in [-0.2, -0.15) is 0 Å². The second-order valence-corrected chi connectivity index (χ2v) is 6.59. The Balaban J connectivity index is 1.93. The van der Waals surface area contributed by atoms with E-state index >= 15 is 0 Å². The summed E-state index contributed by atoms with van der Waals surface area (Å²) in [6.45, 7) is 10.2. The monoisotopic (exact) mass is 321 g/mol. The Morgan fingerprint density at radius 3 is 2.82 bits per heavy atom. The maximum absolute atomic E-state index is 5.30. The van der Waals surface area contributed by atoms with Crippen LogP contribution in [0.4, 0.5) is 0 Å². The molecule has 7 heteroatoms. The summed E-state index contributed by atoms with van der Waals surface area (Å²) in [6, 6.07) is 1.96. The Kier molecular flexibility index (Phi) is 5.94. The van der Waals surface area contributed by atoms with Crippen LogP contribution in [0.15, 0.2) is 21.8 Å². The maximum atomic E-state index is 5.30. The average molecular weight is 321 g/mol. The standard InChI is InChI=1S/C15H23N5OS/c1-5-16-15(19-9-13-8-17-11(4)22-13)18-7-12-6-14(10(2)3)20-21-12/h6,8,10H,5,7,9H2,1-4H3,(H2,16,18,19). The van der Waals surface area contributed by atoms with Crippen LogP contribution in [-0.2, 0) is 13.1 Å². The molecule has 2 aromatic heterocycles. The number of nitrogens with one attached hydrogen (secondary N) is 2. The van der Waals surface area contributed by atoms with Crippen LogP contribution in [0.3, 0.4) is 0 Å². The number of thiazole rings is 1. The summed E-state index contributed by atoms with van der Waals surface area (Å²) < 4.78 is 5.30. The molecule has 0 aliphatic rings. The fourth-order valence-corrected chi connectivity index (χ4v) is 2.57. The molecule has 0 unspecified atom stereocenters. The molecule has 2 rings (SSSR count). The van der Waals surface area contributed by atoms with Gasteiger partial charge in [0, 0.05) is 23.7 Å². The summed E-state index contributed by atoms with van der Waals surface area (Å²) >= 11 is 1.68. The second kappa shape index (κ2) is 7.93. The third kappa shape index (κ3) is 4.84. The highest BCUT2D eigenvalue weighted by Crippen LogP contribution is 2.14. The van der Waals surface area contributed by atoms with Crippen LogP contribution < -0.4 is 10.6 Å². The van der Waals surface area contributed by atoms with Crippen LogP contribution in [0, 0.1) is 6.92 Å². The molecule has 2 heterocycles. The van der Waals surface area contributed by atoms with E-state index in [2.05, 4.69) is 39.6 Å². The molecule has 0 aliphatic carbocycles. The van der Waals surface area contributed by atoms with Crippen molar-refractivity contribution < 1.29 is 4.52 Å². The number of guanidine groups is 1. The smallest absolute Gasteiger partial charge is 0.191 e. The number of aliphatic imine (C=N–C) groups is 1. The molecule has 22 heavy (non-hydrogen) atoms. The molecule has 0 atom stereocenters. The normalized spacial score (nSPS) is 12.0. The number of nitrogens with zero attached hydrogens (tertiary/aromatic N) is 3. The molecule has 0 saturated carbocycles. The van der Waals surface area contributed by atoms with Gasteiger partial charge in [0.05, 0.1) is 17.2 Å². The largest absolute Gasteiger partial charge is 0.359 e. The Morgan fingerprint density at radius 1 is 1.41 bits per heavy atom. The molecule has 0 aromatic carbocycles. The van der Waals surface area contributed by atoms with Crippen LogP contribution in [0.1, 0.15) is 48.0 Å². The Hall–Kier alpha value is -1.89. The van der Waals surface area contributed by atoms with E-state index in [1.54, 1.807) is 11.3 Å². The molecule has 0 amide bonds. The molecular weight excluding hydrogens is 298 g/mol. The van der Waals surface area contributed by atoms with Gasteiger partial charge in [0.25, 0.3) is 0 Å². The first-order valence-corrected chi connectivity index (χ1v) is 8.29. The number of rotatable bonds is 6. The van der Waals surface area contributed by atoms with Gasteiger partial charge in [-0.05, 0) is 19.8 Å². The van der Waals surface area contributed by atoms with Gasteiger partial charge in [-0.1, -0.05) is 19.0 Å². The third-order valence-electron chi connectivity index (χ3n) is 3.01.